The minimum Gasteiger partial charge on any atom is -0.462 e. The summed E-state index contributed by atoms with van der Waals surface area (Å²) in [6.07, 6.45) is 52.0. The molecule has 0 amide bonds. The second-order valence-electron chi connectivity index (χ2n) is 16.0. The number of hydrogen-bond donors (Lipinski definition) is 0. The molecule has 0 saturated heterocycles. The lowest BCUT2D eigenvalue weighted by Crippen LogP contribution is -2.30. The highest BCUT2D eigenvalue weighted by atomic mass is 16.6. The van der Waals surface area contributed by atoms with Gasteiger partial charge in [0.2, 0.25) is 0 Å². The quantitative estimate of drug-likeness (QED) is 0.0352. The molecule has 54 heavy (non-hydrogen) atoms. The summed E-state index contributed by atoms with van der Waals surface area (Å²) in [5.41, 5.74) is 0. The molecule has 0 aliphatic rings. The molecule has 0 heterocycles. The maximum atomic E-state index is 12.5. The second kappa shape index (κ2) is 45.8. The zero-order valence-electron chi connectivity index (χ0n) is 36.5. The monoisotopic (exact) mass is 761 g/mol. The molecule has 0 N–H and O–H groups in total. The van der Waals surface area contributed by atoms with Crippen LogP contribution >= 0.6 is 0 Å². The molecule has 5 heteroatoms. The van der Waals surface area contributed by atoms with Crippen molar-refractivity contribution < 1.29 is 23.8 Å². The fraction of sp³-hybridized carbons (Fsp3) is 0.878. The van der Waals surface area contributed by atoms with E-state index >= 15 is 0 Å². The van der Waals surface area contributed by atoms with Crippen LogP contribution in [0.3, 0.4) is 0 Å². The molecule has 5 nitrogen and oxygen atoms in total. The number of rotatable bonds is 44. The predicted molar refractivity (Wildman–Crippen MR) is 233 cm³/mol. The van der Waals surface area contributed by atoms with Gasteiger partial charge >= 0.3 is 11.9 Å². The second-order valence-corrected chi connectivity index (χ2v) is 16.0. The summed E-state index contributed by atoms with van der Waals surface area (Å²) < 4.78 is 17.2. The molecule has 0 aromatic carbocycles. The standard InChI is InChI=1S/C49H92O5/c1-4-7-10-13-15-17-19-21-23-24-25-26-27-28-30-32-34-37-39-42-48(50)53-46-47(54-49(51)43-40-36-12-9-6-3)45-52-44-41-38-35-33-31-29-22-20-18-16-14-11-8-5-2/h15,17,21,23,47H,4-14,16,18-20,22,24-46H2,1-3H3/b17-15-,23-21-. The highest BCUT2D eigenvalue weighted by molar-refractivity contribution is 5.70. The Bertz CT molecular complexity index is 821. The van der Waals surface area contributed by atoms with Gasteiger partial charge in [-0.2, -0.15) is 0 Å². The van der Waals surface area contributed by atoms with Gasteiger partial charge in [-0.1, -0.05) is 212 Å². The third-order valence-corrected chi connectivity index (χ3v) is 10.5. The Morgan fingerprint density at radius 2 is 0.778 bits per heavy atom. The fourth-order valence-electron chi connectivity index (χ4n) is 6.89. The van der Waals surface area contributed by atoms with E-state index in [1.807, 2.05) is 0 Å². The van der Waals surface area contributed by atoms with Crippen LogP contribution in [0.25, 0.3) is 0 Å². The first-order valence-corrected chi connectivity index (χ1v) is 23.9. The van der Waals surface area contributed by atoms with Gasteiger partial charge in [-0.05, 0) is 51.4 Å². The van der Waals surface area contributed by atoms with Gasteiger partial charge in [0.05, 0.1) is 6.61 Å². The number of ether oxygens (including phenoxy) is 3. The van der Waals surface area contributed by atoms with Crippen molar-refractivity contribution in [1.29, 1.82) is 0 Å². The Hall–Kier alpha value is -1.62. The maximum Gasteiger partial charge on any atom is 0.306 e. The van der Waals surface area contributed by atoms with E-state index in [4.69, 9.17) is 14.2 Å². The number of esters is 2. The zero-order valence-corrected chi connectivity index (χ0v) is 36.5. The van der Waals surface area contributed by atoms with Crippen LogP contribution in [-0.4, -0.2) is 37.9 Å². The summed E-state index contributed by atoms with van der Waals surface area (Å²) in [6.45, 7) is 7.77. The summed E-state index contributed by atoms with van der Waals surface area (Å²) in [4.78, 5) is 25.0. The number of carbonyl (C=O) groups excluding carboxylic acids is 2. The van der Waals surface area contributed by atoms with Crippen LogP contribution in [0.4, 0.5) is 0 Å². The van der Waals surface area contributed by atoms with E-state index in [1.165, 1.54) is 173 Å². The molecule has 0 aromatic heterocycles. The van der Waals surface area contributed by atoms with Crippen molar-refractivity contribution in [3.05, 3.63) is 24.3 Å². The molecule has 0 rings (SSSR count). The van der Waals surface area contributed by atoms with Crippen LogP contribution < -0.4 is 0 Å². The number of unbranched alkanes of at least 4 members (excludes halogenated alkanes) is 29. The minimum atomic E-state index is -0.526. The van der Waals surface area contributed by atoms with E-state index in [2.05, 4.69) is 45.1 Å². The summed E-state index contributed by atoms with van der Waals surface area (Å²) in [5, 5.41) is 0. The summed E-state index contributed by atoms with van der Waals surface area (Å²) in [5.74, 6) is -0.402. The Morgan fingerprint density at radius 3 is 1.26 bits per heavy atom. The zero-order chi connectivity index (χ0) is 39.3. The van der Waals surface area contributed by atoms with Crippen molar-refractivity contribution in [1.82, 2.24) is 0 Å². The number of carbonyl (C=O) groups is 2. The lowest BCUT2D eigenvalue weighted by molar-refractivity contribution is -0.163. The summed E-state index contributed by atoms with van der Waals surface area (Å²) in [7, 11) is 0. The van der Waals surface area contributed by atoms with Crippen LogP contribution in [0.5, 0.6) is 0 Å². The van der Waals surface area contributed by atoms with Gasteiger partial charge in [0, 0.05) is 19.4 Å². The molecule has 0 radical (unpaired) electrons. The van der Waals surface area contributed by atoms with Gasteiger partial charge in [0.25, 0.3) is 0 Å². The highest BCUT2D eigenvalue weighted by Gasteiger charge is 2.17. The summed E-state index contributed by atoms with van der Waals surface area (Å²) in [6, 6.07) is 0. The maximum absolute atomic E-state index is 12.5. The molecule has 0 aliphatic heterocycles. The molecule has 0 aliphatic carbocycles. The van der Waals surface area contributed by atoms with Crippen molar-refractivity contribution in [3.63, 3.8) is 0 Å². The van der Waals surface area contributed by atoms with Gasteiger partial charge in [-0.15, -0.1) is 0 Å². The smallest absolute Gasteiger partial charge is 0.306 e. The average Bonchev–Trinajstić information content (AvgIpc) is 3.17. The Kier molecular flexibility index (Phi) is 44.4. The summed E-state index contributed by atoms with van der Waals surface area (Å²) >= 11 is 0. The van der Waals surface area contributed by atoms with Crippen LogP contribution in [-0.2, 0) is 23.8 Å². The molecule has 318 valence electrons. The first-order chi connectivity index (χ1) is 26.6. The molecule has 0 spiro atoms. The topological polar surface area (TPSA) is 61.8 Å². The normalized spacial score (nSPS) is 12.3. The third-order valence-electron chi connectivity index (χ3n) is 10.5. The van der Waals surface area contributed by atoms with E-state index in [0.29, 0.717) is 26.1 Å². The molecule has 0 bridgehead atoms. The molecular weight excluding hydrogens is 669 g/mol. The van der Waals surface area contributed by atoms with Gasteiger partial charge in [-0.3, -0.25) is 9.59 Å². The molecule has 0 fully saturated rings. The van der Waals surface area contributed by atoms with E-state index in [0.717, 1.165) is 44.9 Å². The fourth-order valence-corrected chi connectivity index (χ4v) is 6.89. The van der Waals surface area contributed by atoms with Crippen LogP contribution in [0.15, 0.2) is 24.3 Å². The van der Waals surface area contributed by atoms with Gasteiger partial charge in [-0.25, -0.2) is 0 Å². The Labute approximate surface area is 337 Å². The van der Waals surface area contributed by atoms with Crippen molar-refractivity contribution >= 4 is 11.9 Å². The molecule has 1 atom stereocenters. The van der Waals surface area contributed by atoms with E-state index < -0.39 is 6.10 Å². The van der Waals surface area contributed by atoms with Gasteiger partial charge in [0.1, 0.15) is 6.61 Å². The lowest BCUT2D eigenvalue weighted by Gasteiger charge is -2.18. The SMILES string of the molecule is CCCCC/C=C\C/C=C\CCCCCCCCCCCC(=O)OCC(COCCCCCCCCCCCCCCCC)OC(=O)CCCCCCC. The molecule has 0 saturated carbocycles. The molecular formula is C49H92O5. The van der Waals surface area contributed by atoms with Gasteiger partial charge in [0.15, 0.2) is 6.10 Å². The van der Waals surface area contributed by atoms with Crippen molar-refractivity contribution in [2.75, 3.05) is 19.8 Å². The minimum absolute atomic E-state index is 0.0884. The van der Waals surface area contributed by atoms with Gasteiger partial charge < -0.3 is 14.2 Å². The number of hydrogen-bond acceptors (Lipinski definition) is 5. The Morgan fingerprint density at radius 1 is 0.407 bits per heavy atom. The Balaban J connectivity index is 3.99. The van der Waals surface area contributed by atoms with Crippen LogP contribution in [0, 0.1) is 0 Å². The molecule has 1 unspecified atom stereocenters. The van der Waals surface area contributed by atoms with Crippen molar-refractivity contribution in [3.8, 4) is 0 Å². The number of allylic oxidation sites excluding steroid dienone is 4. The van der Waals surface area contributed by atoms with Crippen LogP contribution in [0.1, 0.15) is 252 Å². The molecule has 0 aromatic rings. The van der Waals surface area contributed by atoms with Crippen molar-refractivity contribution in [2.24, 2.45) is 0 Å². The van der Waals surface area contributed by atoms with E-state index in [1.54, 1.807) is 0 Å². The third kappa shape index (κ3) is 43.1. The largest absolute Gasteiger partial charge is 0.462 e. The predicted octanol–water partition coefficient (Wildman–Crippen LogP) is 15.7. The average molecular weight is 761 g/mol. The lowest BCUT2D eigenvalue weighted by atomic mass is 10.0. The van der Waals surface area contributed by atoms with Crippen LogP contribution in [0.2, 0.25) is 0 Å². The van der Waals surface area contributed by atoms with Crippen molar-refractivity contribution in [2.45, 2.75) is 258 Å². The highest BCUT2D eigenvalue weighted by Crippen LogP contribution is 2.15. The van der Waals surface area contributed by atoms with E-state index in [9.17, 15) is 9.59 Å². The first kappa shape index (κ1) is 52.4. The van der Waals surface area contributed by atoms with E-state index in [-0.39, 0.29) is 18.5 Å². The first-order valence-electron chi connectivity index (χ1n) is 23.9.